The van der Waals surface area contributed by atoms with E-state index in [-0.39, 0.29) is 5.37 Å². The van der Waals surface area contributed by atoms with Gasteiger partial charge in [-0.2, -0.15) is 0 Å². The summed E-state index contributed by atoms with van der Waals surface area (Å²) in [5, 5.41) is 9.93. The molecule has 2 N–H and O–H groups in total. The number of aryl methyl sites for hydroxylation is 1. The van der Waals surface area contributed by atoms with Crippen LogP contribution in [0.5, 0.6) is 0 Å². The fraction of sp³-hybridized carbons (Fsp3) is 0.500. The number of thiol groups is 1. The fourth-order valence-electron chi connectivity index (χ4n) is 1.70. The Kier molecular flexibility index (Phi) is 3.41. The molecule has 0 saturated carbocycles. The van der Waals surface area contributed by atoms with Gasteiger partial charge in [-0.3, -0.25) is 14.3 Å². The minimum absolute atomic E-state index is 0.277. The maximum absolute atomic E-state index is 11.6. The smallest absolute Gasteiger partial charge is 0.329 e. The molecule has 0 aliphatic carbocycles. The fourth-order valence-corrected chi connectivity index (χ4v) is 2.09. The van der Waals surface area contributed by atoms with Gasteiger partial charge in [-0.05, 0) is 13.3 Å². The number of aromatic nitrogens is 2. The molecule has 6 nitrogen and oxygen atoms in total. The minimum Gasteiger partial charge on any atom is -0.390 e. The quantitative estimate of drug-likeness (QED) is 0.609. The van der Waals surface area contributed by atoms with Crippen molar-refractivity contribution in [2.75, 3.05) is 6.61 Å². The van der Waals surface area contributed by atoms with Crippen molar-refractivity contribution in [3.05, 3.63) is 38.0 Å². The van der Waals surface area contributed by atoms with E-state index in [0.717, 1.165) is 0 Å². The summed E-state index contributed by atoms with van der Waals surface area (Å²) in [6, 6.07) is 0. The summed E-state index contributed by atoms with van der Waals surface area (Å²) < 4.78 is 6.47. The Bertz CT molecular complexity index is 524. The third kappa shape index (κ3) is 2.31. The largest absolute Gasteiger partial charge is 0.390 e. The van der Waals surface area contributed by atoms with Crippen LogP contribution >= 0.6 is 12.6 Å². The van der Waals surface area contributed by atoms with Gasteiger partial charge in [0.1, 0.15) is 6.10 Å². The molecule has 0 bridgehead atoms. The first-order valence-corrected chi connectivity index (χ1v) is 5.64. The highest BCUT2D eigenvalue weighted by molar-refractivity contribution is 7.83. The third-order valence-electron chi connectivity index (χ3n) is 2.68. The number of aliphatic hydroxyl groups excluding tert-OH is 1. The molecule has 2 rings (SSSR count). The van der Waals surface area contributed by atoms with E-state index in [0.29, 0.717) is 18.6 Å². The molecule has 1 fully saturated rings. The summed E-state index contributed by atoms with van der Waals surface area (Å²) in [6.45, 7) is 2.01. The van der Waals surface area contributed by atoms with Crippen molar-refractivity contribution >= 4 is 12.6 Å². The number of ether oxygens (including phenoxy) is 1. The van der Waals surface area contributed by atoms with Crippen LogP contribution in [0, 0.1) is 12.3 Å². The van der Waals surface area contributed by atoms with E-state index >= 15 is 0 Å². The first kappa shape index (κ1) is 12.4. The number of aromatic amines is 1. The molecule has 17 heavy (non-hydrogen) atoms. The lowest BCUT2D eigenvalue weighted by molar-refractivity contribution is 0.0558. The highest BCUT2D eigenvalue weighted by atomic mass is 32.1. The number of hydrogen-bond acceptors (Lipinski definition) is 5. The van der Waals surface area contributed by atoms with Crippen molar-refractivity contribution in [3.63, 3.8) is 0 Å². The van der Waals surface area contributed by atoms with Crippen molar-refractivity contribution in [1.29, 1.82) is 0 Å². The first-order valence-electron chi connectivity index (χ1n) is 5.19. The first-order chi connectivity index (χ1) is 8.00. The zero-order valence-electron chi connectivity index (χ0n) is 9.21. The van der Waals surface area contributed by atoms with Crippen LogP contribution in [0.4, 0.5) is 0 Å². The second kappa shape index (κ2) is 4.67. The van der Waals surface area contributed by atoms with Crippen molar-refractivity contribution in [2.24, 2.45) is 0 Å². The number of rotatable bonds is 2. The third-order valence-corrected chi connectivity index (χ3v) is 3.15. The van der Waals surface area contributed by atoms with E-state index < -0.39 is 23.5 Å². The normalized spacial score (nSPS) is 24.5. The second-order valence-electron chi connectivity index (χ2n) is 3.95. The predicted octanol–water partition coefficient (Wildman–Crippen LogP) is -0.738. The van der Waals surface area contributed by atoms with E-state index in [1.807, 2.05) is 0 Å². The lowest BCUT2D eigenvalue weighted by Crippen LogP contribution is -2.39. The summed E-state index contributed by atoms with van der Waals surface area (Å²) in [5.41, 5.74) is -0.628. The second-order valence-corrected chi connectivity index (χ2v) is 4.41. The highest BCUT2D eigenvalue weighted by Crippen LogP contribution is 2.25. The summed E-state index contributed by atoms with van der Waals surface area (Å²) in [5.74, 6) is 0. The molecule has 2 heterocycles. The van der Waals surface area contributed by atoms with Gasteiger partial charge in [0.05, 0.1) is 6.10 Å². The molecule has 1 aliphatic rings. The van der Waals surface area contributed by atoms with Crippen LogP contribution in [-0.4, -0.2) is 33.5 Å². The lowest BCUT2D eigenvalue weighted by atomic mass is 10.2. The van der Waals surface area contributed by atoms with Crippen LogP contribution < -0.4 is 11.2 Å². The predicted molar refractivity (Wildman–Crippen MR) is 64.1 cm³/mol. The lowest BCUT2D eigenvalue weighted by Gasteiger charge is -2.21. The van der Waals surface area contributed by atoms with Crippen LogP contribution in [0.1, 0.15) is 12.0 Å². The summed E-state index contributed by atoms with van der Waals surface area (Å²) in [6.07, 6.45) is 0.590. The van der Waals surface area contributed by atoms with Crippen molar-refractivity contribution in [1.82, 2.24) is 9.55 Å². The average molecular weight is 257 g/mol. The maximum atomic E-state index is 11.6. The van der Waals surface area contributed by atoms with Gasteiger partial charge in [0.15, 0.2) is 5.37 Å². The van der Waals surface area contributed by atoms with Crippen molar-refractivity contribution in [3.8, 4) is 0 Å². The molecular weight excluding hydrogens is 244 g/mol. The maximum Gasteiger partial charge on any atom is 0.329 e. The highest BCUT2D eigenvalue weighted by Gasteiger charge is 2.34. The van der Waals surface area contributed by atoms with E-state index in [1.165, 1.54) is 10.8 Å². The summed E-state index contributed by atoms with van der Waals surface area (Å²) in [7, 11) is 0. The van der Waals surface area contributed by atoms with E-state index in [9.17, 15) is 14.7 Å². The monoisotopic (exact) mass is 257 g/mol. The minimum atomic E-state index is -0.679. The Balaban J connectivity index is 2.37. The molecule has 1 aromatic rings. The van der Waals surface area contributed by atoms with E-state index in [2.05, 4.69) is 17.6 Å². The summed E-state index contributed by atoms with van der Waals surface area (Å²) >= 11 is 4.20. The molecule has 1 saturated heterocycles. The van der Waals surface area contributed by atoms with Crippen molar-refractivity contribution < 1.29 is 9.84 Å². The molecule has 2 unspecified atom stereocenters. The Morgan fingerprint density at radius 3 is 2.94 bits per heavy atom. The van der Waals surface area contributed by atoms with Gasteiger partial charge in [0, 0.05) is 18.4 Å². The molecule has 1 radical (unpaired) electrons. The average Bonchev–Trinajstić information content (AvgIpc) is 2.69. The standard InChI is InChI=1S/C10H13N2O4S/c1-5-4-12(10(15)11-8(5)14)9(17)7-6(13)2-3-16-7/h4,6-7,13,17H,2-3H2,1H3,(H,11,14,15). The Hall–Kier alpha value is -1.05. The van der Waals surface area contributed by atoms with Gasteiger partial charge >= 0.3 is 5.69 Å². The molecule has 1 aromatic heterocycles. The van der Waals surface area contributed by atoms with Gasteiger partial charge in [-0.1, -0.05) is 0 Å². The van der Waals surface area contributed by atoms with Crippen molar-refractivity contribution in [2.45, 2.75) is 25.6 Å². The van der Waals surface area contributed by atoms with Crippen LogP contribution in [0.2, 0.25) is 0 Å². The van der Waals surface area contributed by atoms with Crippen LogP contribution in [0.15, 0.2) is 15.8 Å². The Morgan fingerprint density at radius 1 is 1.65 bits per heavy atom. The zero-order valence-corrected chi connectivity index (χ0v) is 10.1. The number of aliphatic hydroxyl groups is 1. The molecule has 0 aromatic carbocycles. The van der Waals surface area contributed by atoms with Gasteiger partial charge < -0.3 is 9.84 Å². The number of nitrogens with one attached hydrogen (secondary N) is 1. The molecule has 7 heteroatoms. The number of H-pyrrole nitrogens is 1. The summed E-state index contributed by atoms with van der Waals surface area (Å²) in [4.78, 5) is 25.0. The van der Waals surface area contributed by atoms with Crippen LogP contribution in [0.3, 0.4) is 0 Å². The molecule has 0 amide bonds. The molecule has 0 spiro atoms. The SMILES string of the molecule is Cc1cn([C](S)C2OCCC2O)c(=O)[nH]c1=O. The Labute approximate surface area is 103 Å². The van der Waals surface area contributed by atoms with Gasteiger partial charge in [-0.25, -0.2) is 4.79 Å². The molecule has 1 aliphatic heterocycles. The van der Waals surface area contributed by atoms with Gasteiger partial charge in [0.2, 0.25) is 0 Å². The van der Waals surface area contributed by atoms with Crippen LogP contribution in [-0.2, 0) is 4.74 Å². The van der Waals surface area contributed by atoms with Gasteiger partial charge in [-0.15, -0.1) is 12.6 Å². The molecule has 2 atom stereocenters. The Morgan fingerprint density at radius 2 is 2.35 bits per heavy atom. The molecule has 93 valence electrons. The zero-order chi connectivity index (χ0) is 12.6. The van der Waals surface area contributed by atoms with Gasteiger partial charge in [0.25, 0.3) is 5.56 Å². The van der Waals surface area contributed by atoms with E-state index in [1.54, 1.807) is 6.92 Å². The van der Waals surface area contributed by atoms with E-state index in [4.69, 9.17) is 4.74 Å². The van der Waals surface area contributed by atoms with Crippen LogP contribution in [0.25, 0.3) is 0 Å². The number of nitrogens with zero attached hydrogens (tertiary/aromatic N) is 1. The topological polar surface area (TPSA) is 84.3 Å². The number of hydrogen-bond donors (Lipinski definition) is 3. The molecular formula is C10H13N2O4S.